The summed E-state index contributed by atoms with van der Waals surface area (Å²) in [5.74, 6) is 1.71. The van der Waals surface area contributed by atoms with E-state index < -0.39 is 0 Å². The molecule has 0 radical (unpaired) electrons. The Kier molecular flexibility index (Phi) is 4.02. The first-order chi connectivity index (χ1) is 11.8. The van der Waals surface area contributed by atoms with Crippen LogP contribution in [0, 0.1) is 0 Å². The maximum Gasteiger partial charge on any atom is 0.246 e. The molecule has 0 bridgehead atoms. The van der Waals surface area contributed by atoms with Crippen LogP contribution in [0.5, 0.6) is 0 Å². The summed E-state index contributed by atoms with van der Waals surface area (Å²) < 4.78 is 0. The highest BCUT2D eigenvalue weighted by atomic mass is 16.2. The molecule has 1 saturated heterocycles. The Morgan fingerprint density at radius 3 is 2.83 bits per heavy atom. The second-order valence-electron chi connectivity index (χ2n) is 6.23. The largest absolute Gasteiger partial charge is 0.361 e. The average molecular weight is 323 g/mol. The molecule has 6 nitrogen and oxygen atoms in total. The highest BCUT2D eigenvalue weighted by Crippen LogP contribution is 2.27. The standard InChI is InChI=1S/C18H21N5O/c24-18(23-10-7-14-5-1-2-6-15(14)23)12-19-16-11-17(21-13-20-16)22-8-3-4-9-22/h1-2,5-6,11,13H,3-4,7-10,12H2,(H,19,20,21). The van der Waals surface area contributed by atoms with Crippen molar-refractivity contribution < 1.29 is 4.79 Å². The molecular formula is C18H21N5O. The fourth-order valence-corrected chi connectivity index (χ4v) is 3.42. The topological polar surface area (TPSA) is 61.4 Å². The third kappa shape index (κ3) is 2.91. The monoisotopic (exact) mass is 323 g/mol. The van der Waals surface area contributed by atoms with Crippen LogP contribution in [0.15, 0.2) is 36.7 Å². The third-order valence-corrected chi connectivity index (χ3v) is 4.69. The normalized spacial score (nSPS) is 16.3. The number of nitrogens with zero attached hydrogens (tertiary/aromatic N) is 4. The van der Waals surface area contributed by atoms with Crippen LogP contribution >= 0.6 is 0 Å². The van der Waals surface area contributed by atoms with E-state index in [1.165, 1.54) is 18.4 Å². The summed E-state index contributed by atoms with van der Waals surface area (Å²) in [5.41, 5.74) is 2.27. The summed E-state index contributed by atoms with van der Waals surface area (Å²) in [5, 5.41) is 3.15. The van der Waals surface area contributed by atoms with Crippen molar-refractivity contribution >= 4 is 23.2 Å². The van der Waals surface area contributed by atoms with Gasteiger partial charge in [-0.1, -0.05) is 18.2 Å². The van der Waals surface area contributed by atoms with Crippen molar-refractivity contribution in [3.05, 3.63) is 42.2 Å². The van der Waals surface area contributed by atoms with Crippen LogP contribution in [-0.2, 0) is 11.2 Å². The van der Waals surface area contributed by atoms with Gasteiger partial charge in [-0.15, -0.1) is 0 Å². The number of nitrogens with one attached hydrogen (secondary N) is 1. The third-order valence-electron chi connectivity index (χ3n) is 4.69. The molecule has 4 rings (SSSR count). The van der Waals surface area contributed by atoms with E-state index in [4.69, 9.17) is 0 Å². The minimum absolute atomic E-state index is 0.0706. The van der Waals surface area contributed by atoms with Crippen LogP contribution < -0.4 is 15.1 Å². The van der Waals surface area contributed by atoms with Crippen molar-refractivity contribution in [2.24, 2.45) is 0 Å². The zero-order chi connectivity index (χ0) is 16.4. The number of carbonyl (C=O) groups excluding carboxylic acids is 1. The summed E-state index contributed by atoms with van der Waals surface area (Å²) >= 11 is 0. The van der Waals surface area contributed by atoms with Crippen molar-refractivity contribution in [1.29, 1.82) is 0 Å². The molecule has 1 amide bonds. The lowest BCUT2D eigenvalue weighted by atomic mass is 10.2. The van der Waals surface area contributed by atoms with Gasteiger partial charge in [-0.3, -0.25) is 4.79 Å². The Morgan fingerprint density at radius 2 is 1.96 bits per heavy atom. The van der Waals surface area contributed by atoms with Crippen molar-refractivity contribution in [1.82, 2.24) is 9.97 Å². The summed E-state index contributed by atoms with van der Waals surface area (Å²) in [6.07, 6.45) is 4.90. The Bertz CT molecular complexity index is 742. The highest BCUT2D eigenvalue weighted by Gasteiger charge is 2.23. The van der Waals surface area contributed by atoms with Gasteiger partial charge in [0, 0.05) is 31.4 Å². The molecular weight excluding hydrogens is 302 g/mol. The Hall–Kier alpha value is -2.63. The molecule has 1 aromatic carbocycles. The smallest absolute Gasteiger partial charge is 0.246 e. The van der Waals surface area contributed by atoms with Crippen LogP contribution in [0.4, 0.5) is 17.3 Å². The van der Waals surface area contributed by atoms with E-state index in [0.717, 1.165) is 37.6 Å². The van der Waals surface area contributed by atoms with Crippen molar-refractivity contribution in [2.75, 3.05) is 41.3 Å². The number of hydrogen-bond donors (Lipinski definition) is 1. The Balaban J connectivity index is 1.40. The molecule has 124 valence electrons. The molecule has 2 aromatic rings. The van der Waals surface area contributed by atoms with Crippen LogP contribution in [0.1, 0.15) is 18.4 Å². The first-order valence-corrected chi connectivity index (χ1v) is 8.50. The molecule has 24 heavy (non-hydrogen) atoms. The van der Waals surface area contributed by atoms with Gasteiger partial charge in [0.15, 0.2) is 0 Å². The van der Waals surface area contributed by atoms with Gasteiger partial charge in [0.25, 0.3) is 0 Å². The molecule has 2 aliphatic heterocycles. The zero-order valence-electron chi connectivity index (χ0n) is 13.6. The fourth-order valence-electron chi connectivity index (χ4n) is 3.42. The molecule has 0 saturated carbocycles. The minimum Gasteiger partial charge on any atom is -0.361 e. The van der Waals surface area contributed by atoms with Crippen LogP contribution in [-0.4, -0.2) is 42.1 Å². The molecule has 1 aromatic heterocycles. The maximum atomic E-state index is 12.5. The molecule has 6 heteroatoms. The summed E-state index contributed by atoms with van der Waals surface area (Å²) in [6.45, 7) is 3.08. The maximum absolute atomic E-state index is 12.5. The number of amides is 1. The lowest BCUT2D eigenvalue weighted by Gasteiger charge is -2.19. The molecule has 0 aliphatic carbocycles. The number of aromatic nitrogens is 2. The van der Waals surface area contributed by atoms with Gasteiger partial charge in [-0.05, 0) is 30.9 Å². The number of benzene rings is 1. The van der Waals surface area contributed by atoms with E-state index in [2.05, 4.69) is 26.3 Å². The Morgan fingerprint density at radius 1 is 1.12 bits per heavy atom. The van der Waals surface area contributed by atoms with Gasteiger partial charge >= 0.3 is 0 Å². The number of rotatable bonds is 4. The van der Waals surface area contributed by atoms with Crippen molar-refractivity contribution in [3.63, 3.8) is 0 Å². The van der Waals surface area contributed by atoms with Crippen LogP contribution in [0.3, 0.4) is 0 Å². The number of para-hydroxylation sites is 1. The average Bonchev–Trinajstić information content (AvgIpc) is 3.29. The Labute approximate surface area is 141 Å². The molecule has 0 unspecified atom stereocenters. The van der Waals surface area contributed by atoms with E-state index in [0.29, 0.717) is 5.82 Å². The predicted octanol–water partition coefficient (Wildman–Crippen LogP) is 2.08. The van der Waals surface area contributed by atoms with E-state index in [1.807, 2.05) is 29.2 Å². The summed E-state index contributed by atoms with van der Waals surface area (Å²) in [6, 6.07) is 10.0. The van der Waals surface area contributed by atoms with Gasteiger partial charge < -0.3 is 15.1 Å². The molecule has 3 heterocycles. The fraction of sp³-hybridized carbons (Fsp3) is 0.389. The molecule has 1 fully saturated rings. The van der Waals surface area contributed by atoms with Gasteiger partial charge in [-0.2, -0.15) is 0 Å². The number of fused-ring (bicyclic) bond motifs is 1. The van der Waals surface area contributed by atoms with E-state index >= 15 is 0 Å². The quantitative estimate of drug-likeness (QED) is 0.933. The van der Waals surface area contributed by atoms with Gasteiger partial charge in [-0.25, -0.2) is 9.97 Å². The van der Waals surface area contributed by atoms with Crippen molar-refractivity contribution in [3.8, 4) is 0 Å². The van der Waals surface area contributed by atoms with Crippen molar-refractivity contribution in [2.45, 2.75) is 19.3 Å². The van der Waals surface area contributed by atoms with E-state index in [1.54, 1.807) is 6.33 Å². The lowest BCUT2D eigenvalue weighted by molar-refractivity contribution is -0.116. The van der Waals surface area contributed by atoms with Crippen LogP contribution in [0.2, 0.25) is 0 Å². The van der Waals surface area contributed by atoms with Gasteiger partial charge in [0.05, 0.1) is 6.54 Å². The minimum atomic E-state index is 0.0706. The number of hydrogen-bond acceptors (Lipinski definition) is 5. The first kappa shape index (κ1) is 14.9. The lowest BCUT2D eigenvalue weighted by Crippen LogP contribution is -2.34. The summed E-state index contributed by atoms with van der Waals surface area (Å²) in [4.78, 5) is 25.2. The molecule has 0 spiro atoms. The van der Waals surface area contributed by atoms with E-state index in [9.17, 15) is 4.79 Å². The highest BCUT2D eigenvalue weighted by molar-refractivity contribution is 5.97. The zero-order valence-corrected chi connectivity index (χ0v) is 13.6. The summed E-state index contributed by atoms with van der Waals surface area (Å²) in [7, 11) is 0. The van der Waals surface area contributed by atoms with E-state index in [-0.39, 0.29) is 12.5 Å². The molecule has 1 N–H and O–H groups in total. The number of carbonyl (C=O) groups is 1. The molecule has 0 atom stereocenters. The SMILES string of the molecule is O=C(CNc1cc(N2CCCC2)ncn1)N1CCc2ccccc21. The van der Waals surface area contributed by atoms with Crippen LogP contribution in [0.25, 0.3) is 0 Å². The second kappa shape index (κ2) is 6.47. The number of anilines is 3. The van der Waals surface area contributed by atoms with Gasteiger partial charge in [0.1, 0.15) is 18.0 Å². The second-order valence-corrected chi connectivity index (χ2v) is 6.23. The first-order valence-electron chi connectivity index (χ1n) is 8.50. The molecule has 2 aliphatic rings. The predicted molar refractivity (Wildman–Crippen MR) is 94.5 cm³/mol. The van der Waals surface area contributed by atoms with Gasteiger partial charge in [0.2, 0.25) is 5.91 Å².